The summed E-state index contributed by atoms with van der Waals surface area (Å²) in [6.45, 7) is 5.09. The Balaban J connectivity index is 2.28. The predicted octanol–water partition coefficient (Wildman–Crippen LogP) is 1.41. The van der Waals surface area contributed by atoms with Crippen LogP contribution in [0.15, 0.2) is 4.52 Å². The highest BCUT2D eigenvalue weighted by Crippen LogP contribution is 2.18. The maximum atomic E-state index is 5.12. The van der Waals surface area contributed by atoms with E-state index in [0.717, 1.165) is 30.8 Å². The van der Waals surface area contributed by atoms with Crippen LogP contribution < -0.4 is 5.32 Å². The second-order valence-electron chi connectivity index (χ2n) is 3.48. The van der Waals surface area contributed by atoms with Crippen molar-refractivity contribution in [2.75, 3.05) is 0 Å². The number of fused-ring (bicyclic) bond motifs is 1. The van der Waals surface area contributed by atoms with Crippen LogP contribution in [0.5, 0.6) is 0 Å². The highest BCUT2D eigenvalue weighted by Gasteiger charge is 2.17. The fraction of sp³-hybridized carbons (Fsp3) is 0.667. The molecule has 2 heterocycles. The van der Waals surface area contributed by atoms with Gasteiger partial charge in [-0.25, -0.2) is 0 Å². The van der Waals surface area contributed by atoms with Gasteiger partial charge >= 0.3 is 0 Å². The van der Waals surface area contributed by atoms with E-state index in [9.17, 15) is 0 Å². The van der Waals surface area contributed by atoms with Gasteiger partial charge in [0.2, 0.25) is 0 Å². The van der Waals surface area contributed by atoms with Crippen molar-refractivity contribution >= 4 is 0 Å². The van der Waals surface area contributed by atoms with Crippen molar-refractivity contribution in [1.29, 1.82) is 0 Å². The standard InChI is InChI=1S/C9H14N2O/c1-6-3-4-9-8(5-10-6)7(2)12-11-9/h6,10H,3-5H2,1-2H3. The minimum atomic E-state index is 0.596. The fourth-order valence-corrected chi connectivity index (χ4v) is 1.59. The molecule has 12 heavy (non-hydrogen) atoms. The SMILES string of the molecule is Cc1onc2c1CNC(C)CC2. The number of nitrogens with one attached hydrogen (secondary N) is 1. The molecule has 1 N–H and O–H groups in total. The van der Waals surface area contributed by atoms with Crippen LogP contribution in [-0.4, -0.2) is 11.2 Å². The summed E-state index contributed by atoms with van der Waals surface area (Å²) in [5.74, 6) is 0.964. The van der Waals surface area contributed by atoms with Crippen LogP contribution in [0.2, 0.25) is 0 Å². The Bertz CT molecular complexity index is 280. The Hall–Kier alpha value is -0.830. The number of aromatic nitrogens is 1. The van der Waals surface area contributed by atoms with Gasteiger partial charge in [-0.1, -0.05) is 5.16 Å². The fourth-order valence-electron chi connectivity index (χ4n) is 1.59. The summed E-state index contributed by atoms with van der Waals surface area (Å²) >= 11 is 0. The Labute approximate surface area is 72.1 Å². The van der Waals surface area contributed by atoms with Crippen molar-refractivity contribution in [2.45, 2.75) is 39.3 Å². The molecule has 1 aromatic heterocycles. The van der Waals surface area contributed by atoms with Gasteiger partial charge < -0.3 is 9.84 Å². The Morgan fingerprint density at radius 2 is 2.42 bits per heavy atom. The first-order valence-electron chi connectivity index (χ1n) is 4.45. The first kappa shape index (κ1) is 7.80. The van der Waals surface area contributed by atoms with E-state index in [1.54, 1.807) is 0 Å². The molecule has 0 amide bonds. The van der Waals surface area contributed by atoms with Gasteiger partial charge in [0.15, 0.2) is 0 Å². The molecule has 0 bridgehead atoms. The van der Waals surface area contributed by atoms with Crippen molar-refractivity contribution in [3.8, 4) is 0 Å². The molecule has 0 fully saturated rings. The van der Waals surface area contributed by atoms with E-state index in [4.69, 9.17) is 4.52 Å². The average Bonchev–Trinajstić information content (AvgIpc) is 2.28. The molecular weight excluding hydrogens is 152 g/mol. The number of hydrogen-bond donors (Lipinski definition) is 1. The van der Waals surface area contributed by atoms with E-state index in [-0.39, 0.29) is 0 Å². The lowest BCUT2D eigenvalue weighted by atomic mass is 10.1. The molecule has 0 saturated carbocycles. The van der Waals surface area contributed by atoms with Crippen molar-refractivity contribution in [1.82, 2.24) is 10.5 Å². The first-order chi connectivity index (χ1) is 5.77. The molecular formula is C9H14N2O. The number of hydrogen-bond acceptors (Lipinski definition) is 3. The number of aryl methyl sites for hydroxylation is 2. The highest BCUT2D eigenvalue weighted by atomic mass is 16.5. The monoisotopic (exact) mass is 166 g/mol. The third kappa shape index (κ3) is 1.25. The van der Waals surface area contributed by atoms with Crippen LogP contribution in [0.1, 0.15) is 30.4 Å². The van der Waals surface area contributed by atoms with E-state index in [0.29, 0.717) is 6.04 Å². The lowest BCUT2D eigenvalue weighted by Crippen LogP contribution is -2.23. The molecule has 3 heteroatoms. The molecule has 1 aliphatic heterocycles. The van der Waals surface area contributed by atoms with E-state index in [2.05, 4.69) is 17.4 Å². The lowest BCUT2D eigenvalue weighted by Gasteiger charge is -2.07. The zero-order valence-electron chi connectivity index (χ0n) is 7.55. The molecule has 1 atom stereocenters. The summed E-state index contributed by atoms with van der Waals surface area (Å²) in [6, 6.07) is 0.596. The topological polar surface area (TPSA) is 38.1 Å². The molecule has 0 radical (unpaired) electrons. The summed E-state index contributed by atoms with van der Waals surface area (Å²) in [7, 11) is 0. The number of nitrogens with zero attached hydrogens (tertiary/aromatic N) is 1. The van der Waals surface area contributed by atoms with E-state index in [1.165, 1.54) is 5.56 Å². The molecule has 1 aliphatic rings. The van der Waals surface area contributed by atoms with Gasteiger partial charge in [0, 0.05) is 18.2 Å². The van der Waals surface area contributed by atoms with Crippen LogP contribution in [0.4, 0.5) is 0 Å². The van der Waals surface area contributed by atoms with E-state index >= 15 is 0 Å². The summed E-state index contributed by atoms with van der Waals surface area (Å²) in [5.41, 5.74) is 2.41. The van der Waals surface area contributed by atoms with Gasteiger partial charge in [0.25, 0.3) is 0 Å². The van der Waals surface area contributed by atoms with Crippen LogP contribution in [0.3, 0.4) is 0 Å². The largest absolute Gasteiger partial charge is 0.361 e. The Kier molecular flexibility index (Phi) is 1.89. The molecule has 3 nitrogen and oxygen atoms in total. The summed E-state index contributed by atoms with van der Waals surface area (Å²) in [6.07, 6.45) is 2.19. The molecule has 2 rings (SSSR count). The third-order valence-corrected chi connectivity index (χ3v) is 2.51. The van der Waals surface area contributed by atoms with Crippen molar-refractivity contribution in [3.05, 3.63) is 17.0 Å². The summed E-state index contributed by atoms with van der Waals surface area (Å²) in [5, 5.41) is 7.46. The van der Waals surface area contributed by atoms with Crippen molar-refractivity contribution in [3.63, 3.8) is 0 Å². The van der Waals surface area contributed by atoms with E-state index < -0.39 is 0 Å². The minimum absolute atomic E-state index is 0.596. The summed E-state index contributed by atoms with van der Waals surface area (Å²) < 4.78 is 5.12. The molecule has 0 aliphatic carbocycles. The molecule has 1 aromatic rings. The molecule has 0 saturated heterocycles. The zero-order valence-corrected chi connectivity index (χ0v) is 7.55. The van der Waals surface area contributed by atoms with Crippen LogP contribution in [0, 0.1) is 6.92 Å². The zero-order chi connectivity index (χ0) is 8.55. The first-order valence-corrected chi connectivity index (χ1v) is 4.45. The maximum Gasteiger partial charge on any atom is 0.138 e. The predicted molar refractivity (Wildman–Crippen MR) is 45.9 cm³/mol. The smallest absolute Gasteiger partial charge is 0.138 e. The second-order valence-corrected chi connectivity index (χ2v) is 3.48. The van der Waals surface area contributed by atoms with Gasteiger partial charge in [-0.15, -0.1) is 0 Å². The normalized spacial score (nSPS) is 23.3. The average molecular weight is 166 g/mol. The molecule has 66 valence electrons. The minimum Gasteiger partial charge on any atom is -0.361 e. The van der Waals surface area contributed by atoms with Gasteiger partial charge in [-0.2, -0.15) is 0 Å². The van der Waals surface area contributed by atoms with Gasteiger partial charge in [-0.05, 0) is 26.7 Å². The Morgan fingerprint density at radius 1 is 1.58 bits per heavy atom. The highest BCUT2D eigenvalue weighted by molar-refractivity contribution is 5.23. The van der Waals surface area contributed by atoms with Crippen LogP contribution >= 0.6 is 0 Å². The Morgan fingerprint density at radius 3 is 3.25 bits per heavy atom. The third-order valence-electron chi connectivity index (χ3n) is 2.51. The molecule has 1 unspecified atom stereocenters. The van der Waals surface area contributed by atoms with Gasteiger partial charge in [0.05, 0.1) is 5.69 Å². The molecule has 0 spiro atoms. The van der Waals surface area contributed by atoms with Gasteiger partial charge in [-0.3, -0.25) is 0 Å². The van der Waals surface area contributed by atoms with Crippen molar-refractivity contribution < 1.29 is 4.52 Å². The maximum absolute atomic E-state index is 5.12. The van der Waals surface area contributed by atoms with Gasteiger partial charge in [0.1, 0.15) is 5.76 Å². The van der Waals surface area contributed by atoms with Crippen LogP contribution in [0.25, 0.3) is 0 Å². The number of rotatable bonds is 0. The second kappa shape index (κ2) is 2.90. The lowest BCUT2D eigenvalue weighted by molar-refractivity contribution is 0.384. The molecule has 0 aromatic carbocycles. The summed E-state index contributed by atoms with van der Waals surface area (Å²) in [4.78, 5) is 0. The quantitative estimate of drug-likeness (QED) is 0.633. The van der Waals surface area contributed by atoms with Crippen LogP contribution in [-0.2, 0) is 13.0 Å². The van der Waals surface area contributed by atoms with E-state index in [1.807, 2.05) is 6.92 Å². The van der Waals surface area contributed by atoms with Crippen molar-refractivity contribution in [2.24, 2.45) is 0 Å².